The standard InChI is InChI=1S/C15H31N3/c1-15(2,18-11-9-16-10-12-18)13-17-8-7-14-5-3-4-6-14/h14,16-17H,3-13H2,1-2H3. The summed E-state index contributed by atoms with van der Waals surface area (Å²) in [6.45, 7) is 11.8. The molecule has 0 atom stereocenters. The molecule has 0 radical (unpaired) electrons. The van der Waals surface area contributed by atoms with Gasteiger partial charge in [0.1, 0.15) is 0 Å². The van der Waals surface area contributed by atoms with E-state index in [-0.39, 0.29) is 0 Å². The molecule has 106 valence electrons. The van der Waals surface area contributed by atoms with Crippen LogP contribution < -0.4 is 10.6 Å². The number of hydrogen-bond acceptors (Lipinski definition) is 3. The number of nitrogens with zero attached hydrogens (tertiary/aromatic N) is 1. The molecule has 3 heteroatoms. The number of rotatable bonds is 6. The highest BCUT2D eigenvalue weighted by atomic mass is 15.2. The van der Waals surface area contributed by atoms with Gasteiger partial charge in [-0.1, -0.05) is 25.7 Å². The molecule has 2 fully saturated rings. The summed E-state index contributed by atoms with van der Waals surface area (Å²) in [6.07, 6.45) is 7.28. The quantitative estimate of drug-likeness (QED) is 0.707. The van der Waals surface area contributed by atoms with Crippen LogP contribution in [0.5, 0.6) is 0 Å². The van der Waals surface area contributed by atoms with E-state index >= 15 is 0 Å². The summed E-state index contributed by atoms with van der Waals surface area (Å²) in [5.41, 5.74) is 0.303. The lowest BCUT2D eigenvalue weighted by Crippen LogP contribution is -2.57. The van der Waals surface area contributed by atoms with Gasteiger partial charge in [0.15, 0.2) is 0 Å². The normalized spacial score (nSPS) is 23.7. The smallest absolute Gasteiger partial charge is 0.0278 e. The highest BCUT2D eigenvalue weighted by Gasteiger charge is 2.27. The van der Waals surface area contributed by atoms with E-state index in [9.17, 15) is 0 Å². The fourth-order valence-electron chi connectivity index (χ4n) is 3.38. The Hall–Kier alpha value is -0.120. The van der Waals surface area contributed by atoms with Crippen molar-refractivity contribution in [1.29, 1.82) is 0 Å². The van der Waals surface area contributed by atoms with E-state index < -0.39 is 0 Å². The van der Waals surface area contributed by atoms with Gasteiger partial charge in [0.25, 0.3) is 0 Å². The molecule has 2 aliphatic rings. The highest BCUT2D eigenvalue weighted by Crippen LogP contribution is 2.27. The Kier molecular flexibility index (Phi) is 5.46. The van der Waals surface area contributed by atoms with Crippen LogP contribution in [-0.4, -0.2) is 49.7 Å². The van der Waals surface area contributed by atoms with Crippen molar-refractivity contribution < 1.29 is 0 Å². The third kappa shape index (κ3) is 4.22. The van der Waals surface area contributed by atoms with Crippen LogP contribution in [0.1, 0.15) is 46.0 Å². The molecule has 2 N–H and O–H groups in total. The van der Waals surface area contributed by atoms with Crippen LogP contribution in [0.15, 0.2) is 0 Å². The zero-order valence-corrected chi connectivity index (χ0v) is 12.3. The molecule has 1 aliphatic carbocycles. The second-order valence-corrected chi connectivity index (χ2v) is 6.67. The Balaban J connectivity index is 1.61. The van der Waals surface area contributed by atoms with Crippen molar-refractivity contribution in [3.63, 3.8) is 0 Å². The molecule has 3 nitrogen and oxygen atoms in total. The number of nitrogens with one attached hydrogen (secondary N) is 2. The van der Waals surface area contributed by atoms with Crippen molar-refractivity contribution >= 4 is 0 Å². The topological polar surface area (TPSA) is 27.3 Å². The van der Waals surface area contributed by atoms with Crippen molar-refractivity contribution in [1.82, 2.24) is 15.5 Å². The molecular weight excluding hydrogens is 222 g/mol. The summed E-state index contributed by atoms with van der Waals surface area (Å²) in [4.78, 5) is 2.62. The van der Waals surface area contributed by atoms with Gasteiger partial charge in [-0.2, -0.15) is 0 Å². The first-order valence-corrected chi connectivity index (χ1v) is 7.85. The molecule has 1 heterocycles. The first-order valence-electron chi connectivity index (χ1n) is 7.85. The van der Waals surface area contributed by atoms with Gasteiger partial charge in [-0.05, 0) is 32.7 Å². The summed E-state index contributed by atoms with van der Waals surface area (Å²) >= 11 is 0. The highest BCUT2D eigenvalue weighted by molar-refractivity contribution is 4.86. The molecule has 0 amide bonds. The van der Waals surface area contributed by atoms with Crippen molar-refractivity contribution in [2.75, 3.05) is 39.3 Å². The molecule has 0 aromatic heterocycles. The third-order valence-corrected chi connectivity index (χ3v) is 4.73. The Morgan fingerprint density at radius 3 is 2.50 bits per heavy atom. The van der Waals surface area contributed by atoms with E-state index in [1.54, 1.807) is 0 Å². The Morgan fingerprint density at radius 2 is 1.83 bits per heavy atom. The van der Waals surface area contributed by atoms with Gasteiger partial charge in [0.05, 0.1) is 0 Å². The van der Waals surface area contributed by atoms with Crippen molar-refractivity contribution in [2.45, 2.75) is 51.5 Å². The molecule has 0 bridgehead atoms. The molecule has 0 spiro atoms. The molecule has 0 aromatic carbocycles. The summed E-state index contributed by atoms with van der Waals surface area (Å²) in [6, 6.07) is 0. The average Bonchev–Trinajstić information content (AvgIpc) is 2.89. The summed E-state index contributed by atoms with van der Waals surface area (Å²) in [5.74, 6) is 1.01. The van der Waals surface area contributed by atoms with Crippen molar-refractivity contribution in [3.05, 3.63) is 0 Å². The molecule has 18 heavy (non-hydrogen) atoms. The Morgan fingerprint density at radius 1 is 1.17 bits per heavy atom. The Labute approximate surface area is 113 Å². The van der Waals surface area contributed by atoms with E-state index in [1.807, 2.05) is 0 Å². The van der Waals surface area contributed by atoms with Crippen LogP contribution in [0, 0.1) is 5.92 Å². The van der Waals surface area contributed by atoms with Crippen LogP contribution in [0.2, 0.25) is 0 Å². The van der Waals surface area contributed by atoms with E-state index in [0.717, 1.165) is 25.6 Å². The maximum Gasteiger partial charge on any atom is 0.0278 e. The SMILES string of the molecule is CC(C)(CNCCC1CCCC1)N1CCNCC1. The lowest BCUT2D eigenvalue weighted by molar-refractivity contribution is 0.102. The Bertz CT molecular complexity index is 228. The van der Waals surface area contributed by atoms with Gasteiger partial charge in [0.2, 0.25) is 0 Å². The summed E-state index contributed by atoms with van der Waals surface area (Å²) in [5, 5.41) is 7.12. The zero-order chi connectivity index (χ0) is 12.8. The lowest BCUT2D eigenvalue weighted by Gasteiger charge is -2.41. The number of hydrogen-bond donors (Lipinski definition) is 2. The van der Waals surface area contributed by atoms with Gasteiger partial charge < -0.3 is 10.6 Å². The maximum atomic E-state index is 3.69. The second kappa shape index (κ2) is 6.88. The van der Waals surface area contributed by atoms with Crippen LogP contribution in [0.3, 0.4) is 0 Å². The van der Waals surface area contributed by atoms with Crippen molar-refractivity contribution in [3.8, 4) is 0 Å². The van der Waals surface area contributed by atoms with Gasteiger partial charge in [-0.3, -0.25) is 4.90 Å². The zero-order valence-electron chi connectivity index (χ0n) is 12.3. The maximum absolute atomic E-state index is 3.69. The van der Waals surface area contributed by atoms with Gasteiger partial charge in [0, 0.05) is 38.3 Å². The van der Waals surface area contributed by atoms with Crippen molar-refractivity contribution in [2.24, 2.45) is 5.92 Å². The van der Waals surface area contributed by atoms with Gasteiger partial charge in [-0.15, -0.1) is 0 Å². The first-order chi connectivity index (χ1) is 8.68. The minimum Gasteiger partial charge on any atom is -0.315 e. The fraction of sp³-hybridized carbons (Fsp3) is 1.00. The monoisotopic (exact) mass is 253 g/mol. The van der Waals surface area contributed by atoms with Crippen LogP contribution in [0.25, 0.3) is 0 Å². The molecule has 1 aliphatic heterocycles. The molecular formula is C15H31N3. The van der Waals surface area contributed by atoms with E-state index in [1.165, 1.54) is 51.7 Å². The first kappa shape index (κ1) is 14.3. The average molecular weight is 253 g/mol. The van der Waals surface area contributed by atoms with Crippen LogP contribution in [0.4, 0.5) is 0 Å². The lowest BCUT2D eigenvalue weighted by atomic mass is 10.0. The molecule has 1 saturated heterocycles. The van der Waals surface area contributed by atoms with Crippen LogP contribution >= 0.6 is 0 Å². The summed E-state index contributed by atoms with van der Waals surface area (Å²) in [7, 11) is 0. The van der Waals surface area contributed by atoms with Crippen LogP contribution in [-0.2, 0) is 0 Å². The minimum atomic E-state index is 0.303. The number of piperazine rings is 1. The molecule has 0 aromatic rings. The predicted molar refractivity (Wildman–Crippen MR) is 78.0 cm³/mol. The third-order valence-electron chi connectivity index (χ3n) is 4.73. The predicted octanol–water partition coefficient (Wildman–Crippen LogP) is 1.84. The van der Waals surface area contributed by atoms with E-state index in [2.05, 4.69) is 29.4 Å². The second-order valence-electron chi connectivity index (χ2n) is 6.67. The van der Waals surface area contributed by atoms with E-state index in [4.69, 9.17) is 0 Å². The molecule has 0 unspecified atom stereocenters. The largest absolute Gasteiger partial charge is 0.315 e. The minimum absolute atomic E-state index is 0.303. The van der Waals surface area contributed by atoms with Gasteiger partial charge >= 0.3 is 0 Å². The van der Waals surface area contributed by atoms with E-state index in [0.29, 0.717) is 5.54 Å². The fourth-order valence-corrected chi connectivity index (χ4v) is 3.38. The molecule has 1 saturated carbocycles. The molecule has 2 rings (SSSR count). The summed E-state index contributed by atoms with van der Waals surface area (Å²) < 4.78 is 0. The van der Waals surface area contributed by atoms with Gasteiger partial charge in [-0.25, -0.2) is 0 Å².